The van der Waals surface area contributed by atoms with E-state index in [-0.39, 0.29) is 18.6 Å². The molecule has 0 aliphatic heterocycles. The Balaban J connectivity index is 1.99. The Morgan fingerprint density at radius 3 is 2.90 bits per heavy atom. The van der Waals surface area contributed by atoms with Crippen molar-refractivity contribution < 1.29 is 22.7 Å². The van der Waals surface area contributed by atoms with Crippen molar-refractivity contribution in [3.8, 4) is 0 Å². The van der Waals surface area contributed by atoms with Gasteiger partial charge >= 0.3 is 6.36 Å². The fourth-order valence-corrected chi connectivity index (χ4v) is 1.77. The first kappa shape index (κ1) is 14.3. The first-order valence-electron chi connectivity index (χ1n) is 5.83. The van der Waals surface area contributed by atoms with Crippen molar-refractivity contribution in [3.05, 3.63) is 30.1 Å². The molecule has 5 nitrogen and oxygen atoms in total. The van der Waals surface area contributed by atoms with Crippen LogP contribution in [0.4, 0.5) is 18.9 Å². The van der Waals surface area contributed by atoms with Crippen LogP contribution >= 0.6 is 0 Å². The van der Waals surface area contributed by atoms with Crippen LogP contribution in [0.25, 0.3) is 5.52 Å². The summed E-state index contributed by atoms with van der Waals surface area (Å²) in [6.07, 6.45) is -1.75. The number of carbonyl (C=O) groups excluding carboxylic acids is 1. The van der Waals surface area contributed by atoms with Gasteiger partial charge in [0.1, 0.15) is 0 Å². The highest BCUT2D eigenvalue weighted by Crippen LogP contribution is 2.18. The van der Waals surface area contributed by atoms with Crippen LogP contribution in [0.2, 0.25) is 0 Å². The molecule has 0 aromatic carbocycles. The Kier molecular flexibility index (Phi) is 3.93. The fraction of sp³-hybridized carbons (Fsp3) is 0.333. The minimum absolute atomic E-state index is 0.0159. The number of rotatable bonds is 5. The highest BCUT2D eigenvalue weighted by atomic mass is 19.4. The van der Waals surface area contributed by atoms with E-state index in [2.05, 4.69) is 9.84 Å². The summed E-state index contributed by atoms with van der Waals surface area (Å²) in [5, 5.41) is 3.98. The minimum atomic E-state index is -4.66. The molecule has 0 bridgehead atoms. The first-order valence-corrected chi connectivity index (χ1v) is 5.83. The predicted octanol–water partition coefficient (Wildman–Crippen LogP) is 2.42. The molecule has 2 aromatic rings. The topological polar surface area (TPSA) is 69.6 Å². The molecule has 108 valence electrons. The van der Waals surface area contributed by atoms with Gasteiger partial charge in [-0.1, -0.05) is 0 Å². The molecule has 20 heavy (non-hydrogen) atoms. The number of nitrogens with zero attached hydrogens (tertiary/aromatic N) is 2. The Labute approximate surface area is 112 Å². The molecule has 2 rings (SSSR count). The van der Waals surface area contributed by atoms with Gasteiger partial charge in [0.15, 0.2) is 5.78 Å². The zero-order valence-electron chi connectivity index (χ0n) is 10.4. The van der Waals surface area contributed by atoms with E-state index in [1.807, 2.05) is 0 Å². The molecule has 0 aliphatic carbocycles. The van der Waals surface area contributed by atoms with Gasteiger partial charge in [-0.15, -0.1) is 13.2 Å². The molecule has 2 aromatic heterocycles. The van der Waals surface area contributed by atoms with Crippen LogP contribution < -0.4 is 5.73 Å². The van der Waals surface area contributed by atoms with Crippen LogP contribution in [0.5, 0.6) is 0 Å². The zero-order valence-corrected chi connectivity index (χ0v) is 10.4. The molecule has 0 unspecified atom stereocenters. The number of fused-ring (bicyclic) bond motifs is 1. The highest BCUT2D eigenvalue weighted by Gasteiger charge is 2.28. The van der Waals surface area contributed by atoms with E-state index in [0.717, 1.165) is 0 Å². The van der Waals surface area contributed by atoms with Gasteiger partial charge in [-0.25, -0.2) is 4.52 Å². The summed E-state index contributed by atoms with van der Waals surface area (Å²) in [7, 11) is 0. The second-order valence-corrected chi connectivity index (χ2v) is 4.17. The third kappa shape index (κ3) is 3.47. The maximum Gasteiger partial charge on any atom is 0.522 e. The number of anilines is 1. The number of nitrogens with two attached hydrogens (primary N) is 1. The monoisotopic (exact) mass is 287 g/mol. The summed E-state index contributed by atoms with van der Waals surface area (Å²) in [6.45, 7) is -0.545. The molecule has 0 amide bonds. The number of Topliss-reactive ketones (excluding diaryl/α,β-unsaturated/α-hetero) is 1. The van der Waals surface area contributed by atoms with Crippen LogP contribution in [-0.2, 0) is 4.74 Å². The van der Waals surface area contributed by atoms with Gasteiger partial charge in [-0.3, -0.25) is 9.53 Å². The van der Waals surface area contributed by atoms with Crippen LogP contribution in [0.15, 0.2) is 24.5 Å². The SMILES string of the molecule is Nc1ccn2ncc(C(=O)CCCOC(F)(F)F)c2c1. The number of aromatic nitrogens is 2. The molecule has 0 saturated carbocycles. The number of hydrogen-bond acceptors (Lipinski definition) is 4. The number of hydrogen-bond donors (Lipinski definition) is 1. The quantitative estimate of drug-likeness (QED) is 0.677. The zero-order chi connectivity index (χ0) is 14.8. The molecule has 0 fully saturated rings. The number of ketones is 1. The van der Waals surface area contributed by atoms with E-state index < -0.39 is 13.0 Å². The van der Waals surface area contributed by atoms with Crippen molar-refractivity contribution in [2.75, 3.05) is 12.3 Å². The lowest BCUT2D eigenvalue weighted by Gasteiger charge is -2.06. The van der Waals surface area contributed by atoms with Crippen molar-refractivity contribution in [2.24, 2.45) is 0 Å². The Hall–Kier alpha value is -2.09. The maximum atomic E-state index is 11.9. The van der Waals surface area contributed by atoms with Gasteiger partial charge in [0, 0.05) is 18.3 Å². The second-order valence-electron chi connectivity index (χ2n) is 4.17. The van der Waals surface area contributed by atoms with Crippen LogP contribution in [0, 0.1) is 0 Å². The van der Waals surface area contributed by atoms with E-state index >= 15 is 0 Å². The minimum Gasteiger partial charge on any atom is -0.399 e. The van der Waals surface area contributed by atoms with E-state index in [1.165, 1.54) is 10.7 Å². The van der Waals surface area contributed by atoms with E-state index in [9.17, 15) is 18.0 Å². The molecular weight excluding hydrogens is 275 g/mol. The third-order valence-electron chi connectivity index (χ3n) is 2.66. The Bertz CT molecular complexity index is 622. The molecule has 0 saturated heterocycles. The van der Waals surface area contributed by atoms with Crippen molar-refractivity contribution in [2.45, 2.75) is 19.2 Å². The van der Waals surface area contributed by atoms with Crippen molar-refractivity contribution in [1.82, 2.24) is 9.61 Å². The molecular formula is C12H12F3N3O2. The van der Waals surface area contributed by atoms with Gasteiger partial charge < -0.3 is 5.73 Å². The lowest BCUT2D eigenvalue weighted by atomic mass is 10.1. The number of carbonyl (C=O) groups is 1. The van der Waals surface area contributed by atoms with Crippen LogP contribution in [-0.4, -0.2) is 28.4 Å². The second kappa shape index (κ2) is 5.49. The van der Waals surface area contributed by atoms with E-state index in [0.29, 0.717) is 16.8 Å². The summed E-state index contributed by atoms with van der Waals surface area (Å²) < 4.78 is 40.4. The summed E-state index contributed by atoms with van der Waals surface area (Å²) >= 11 is 0. The average molecular weight is 287 g/mol. The third-order valence-corrected chi connectivity index (χ3v) is 2.66. The maximum absolute atomic E-state index is 11.9. The molecule has 2 heterocycles. The molecule has 0 radical (unpaired) electrons. The molecule has 0 atom stereocenters. The van der Waals surface area contributed by atoms with Gasteiger partial charge in [0.25, 0.3) is 0 Å². The van der Waals surface area contributed by atoms with E-state index in [4.69, 9.17) is 5.73 Å². The van der Waals surface area contributed by atoms with Gasteiger partial charge in [-0.2, -0.15) is 5.10 Å². The summed E-state index contributed by atoms with van der Waals surface area (Å²) in [5.74, 6) is -0.295. The molecule has 2 N–H and O–H groups in total. The summed E-state index contributed by atoms with van der Waals surface area (Å²) in [4.78, 5) is 11.9. The highest BCUT2D eigenvalue weighted by molar-refractivity contribution is 6.02. The largest absolute Gasteiger partial charge is 0.522 e. The predicted molar refractivity (Wildman–Crippen MR) is 65.2 cm³/mol. The van der Waals surface area contributed by atoms with Gasteiger partial charge in [0.05, 0.1) is 23.9 Å². The smallest absolute Gasteiger partial charge is 0.399 e. The van der Waals surface area contributed by atoms with E-state index in [1.54, 1.807) is 18.3 Å². The molecule has 8 heteroatoms. The lowest BCUT2D eigenvalue weighted by molar-refractivity contribution is -0.324. The normalized spacial score (nSPS) is 11.9. The van der Waals surface area contributed by atoms with Crippen LogP contribution in [0.3, 0.4) is 0 Å². The van der Waals surface area contributed by atoms with Crippen molar-refractivity contribution in [3.63, 3.8) is 0 Å². The average Bonchev–Trinajstić information content (AvgIpc) is 2.76. The van der Waals surface area contributed by atoms with Crippen molar-refractivity contribution >= 4 is 17.0 Å². The lowest BCUT2D eigenvalue weighted by Crippen LogP contribution is -2.14. The first-order chi connectivity index (χ1) is 9.37. The summed E-state index contributed by atoms with van der Waals surface area (Å²) in [5.41, 5.74) is 6.97. The number of ether oxygens (including phenoxy) is 1. The van der Waals surface area contributed by atoms with Crippen LogP contribution in [0.1, 0.15) is 23.2 Å². The van der Waals surface area contributed by atoms with Crippen molar-refractivity contribution in [1.29, 1.82) is 0 Å². The van der Waals surface area contributed by atoms with Gasteiger partial charge in [0.2, 0.25) is 0 Å². The van der Waals surface area contributed by atoms with Gasteiger partial charge in [-0.05, 0) is 18.6 Å². The summed E-state index contributed by atoms with van der Waals surface area (Å²) in [6, 6.07) is 3.22. The number of halogens is 3. The molecule has 0 spiro atoms. The standard InChI is InChI=1S/C12H12F3N3O2/c13-12(14,15)20-5-1-2-11(19)9-7-17-18-4-3-8(16)6-10(9)18/h3-4,6-7H,1-2,5,16H2. The number of nitrogen functional groups attached to an aromatic ring is 1. The molecule has 0 aliphatic rings. The number of alkyl halides is 3. The number of pyridine rings is 1. The Morgan fingerprint density at radius 1 is 1.45 bits per heavy atom. The fourth-order valence-electron chi connectivity index (χ4n) is 1.77. The Morgan fingerprint density at radius 2 is 2.20 bits per heavy atom.